The Morgan fingerprint density at radius 2 is 2.12 bits per heavy atom. The molecular formula is C13H17N3. The van der Waals surface area contributed by atoms with Crippen molar-refractivity contribution in [2.75, 3.05) is 6.54 Å². The van der Waals surface area contributed by atoms with Gasteiger partial charge in [-0.3, -0.25) is 0 Å². The van der Waals surface area contributed by atoms with E-state index in [0.717, 1.165) is 12.8 Å². The molecule has 0 unspecified atom stereocenters. The van der Waals surface area contributed by atoms with Gasteiger partial charge in [0.1, 0.15) is 0 Å². The monoisotopic (exact) mass is 215 g/mol. The van der Waals surface area contributed by atoms with Crippen molar-refractivity contribution in [3.05, 3.63) is 48.0 Å². The second-order valence-electron chi connectivity index (χ2n) is 3.78. The molecule has 0 aliphatic rings. The molecule has 0 spiro atoms. The number of imidazole rings is 1. The number of hydrogen-bond donors (Lipinski definition) is 1. The zero-order valence-electron chi connectivity index (χ0n) is 9.56. The van der Waals surface area contributed by atoms with Gasteiger partial charge in [0.15, 0.2) is 0 Å². The molecule has 0 amide bonds. The summed E-state index contributed by atoms with van der Waals surface area (Å²) in [4.78, 5) is 4.20. The minimum atomic E-state index is 0.653. The van der Waals surface area contributed by atoms with Gasteiger partial charge >= 0.3 is 0 Å². The maximum absolute atomic E-state index is 5.60. The van der Waals surface area contributed by atoms with Gasteiger partial charge in [-0.2, -0.15) is 0 Å². The van der Waals surface area contributed by atoms with Crippen LogP contribution in [-0.2, 0) is 12.8 Å². The number of nitrogens with two attached hydrogens (primary N) is 1. The number of aromatic nitrogens is 2. The largest absolute Gasteiger partial charge is 0.330 e. The molecule has 2 N–H and O–H groups in total. The van der Waals surface area contributed by atoms with E-state index in [1.807, 2.05) is 12.5 Å². The molecule has 2 rings (SSSR count). The summed E-state index contributed by atoms with van der Waals surface area (Å²) >= 11 is 0. The lowest BCUT2D eigenvalue weighted by Gasteiger charge is -2.11. The van der Waals surface area contributed by atoms with Crippen molar-refractivity contribution >= 4 is 0 Å². The Morgan fingerprint density at radius 3 is 2.88 bits per heavy atom. The maximum Gasteiger partial charge on any atom is 0.0994 e. The van der Waals surface area contributed by atoms with Crippen LogP contribution in [0.5, 0.6) is 0 Å². The molecule has 0 bridgehead atoms. The van der Waals surface area contributed by atoms with E-state index in [-0.39, 0.29) is 0 Å². The van der Waals surface area contributed by atoms with Crippen LogP contribution < -0.4 is 5.73 Å². The van der Waals surface area contributed by atoms with Gasteiger partial charge in [0.25, 0.3) is 0 Å². The molecule has 16 heavy (non-hydrogen) atoms. The summed E-state index contributed by atoms with van der Waals surface area (Å²) in [5.74, 6) is 0. The van der Waals surface area contributed by atoms with Crippen LogP contribution in [0, 0.1) is 0 Å². The van der Waals surface area contributed by atoms with Gasteiger partial charge in [-0.15, -0.1) is 0 Å². The minimum absolute atomic E-state index is 0.653. The number of aryl methyl sites for hydroxylation is 1. The molecule has 0 saturated heterocycles. The summed E-state index contributed by atoms with van der Waals surface area (Å²) in [5, 5.41) is 0. The topological polar surface area (TPSA) is 43.8 Å². The molecule has 0 saturated carbocycles. The van der Waals surface area contributed by atoms with E-state index in [2.05, 4.69) is 40.7 Å². The summed E-state index contributed by atoms with van der Waals surface area (Å²) in [5.41, 5.74) is 9.31. The Kier molecular flexibility index (Phi) is 3.37. The van der Waals surface area contributed by atoms with Crippen molar-refractivity contribution in [2.45, 2.75) is 19.8 Å². The average Bonchev–Trinajstić information content (AvgIpc) is 2.77. The van der Waals surface area contributed by atoms with Gasteiger partial charge in [-0.05, 0) is 24.6 Å². The fourth-order valence-corrected chi connectivity index (χ4v) is 1.92. The quantitative estimate of drug-likeness (QED) is 0.847. The molecule has 3 heteroatoms. The van der Waals surface area contributed by atoms with Crippen molar-refractivity contribution < 1.29 is 0 Å². The number of para-hydroxylation sites is 1. The first-order chi connectivity index (χ1) is 7.86. The predicted octanol–water partition coefficient (Wildman–Crippen LogP) is 1.94. The second-order valence-corrected chi connectivity index (χ2v) is 3.78. The maximum atomic E-state index is 5.60. The number of rotatable bonds is 4. The zero-order valence-corrected chi connectivity index (χ0v) is 9.56. The number of hydrogen-bond acceptors (Lipinski definition) is 2. The lowest BCUT2D eigenvalue weighted by atomic mass is 10.1. The van der Waals surface area contributed by atoms with Gasteiger partial charge < -0.3 is 10.3 Å². The van der Waals surface area contributed by atoms with Gasteiger partial charge in [0, 0.05) is 24.0 Å². The van der Waals surface area contributed by atoms with Gasteiger partial charge in [0.2, 0.25) is 0 Å². The molecule has 0 aliphatic carbocycles. The lowest BCUT2D eigenvalue weighted by Crippen LogP contribution is -2.08. The summed E-state index contributed by atoms with van der Waals surface area (Å²) in [6, 6.07) is 8.41. The smallest absolute Gasteiger partial charge is 0.0994 e. The minimum Gasteiger partial charge on any atom is -0.330 e. The molecule has 1 aromatic carbocycles. The van der Waals surface area contributed by atoms with Gasteiger partial charge in [0.05, 0.1) is 6.33 Å². The van der Waals surface area contributed by atoms with Gasteiger partial charge in [-0.1, -0.05) is 25.1 Å². The highest BCUT2D eigenvalue weighted by molar-refractivity contribution is 5.42. The number of nitrogens with zero attached hydrogens (tertiary/aromatic N) is 2. The summed E-state index contributed by atoms with van der Waals surface area (Å²) < 4.78 is 2.13. The van der Waals surface area contributed by atoms with Crippen molar-refractivity contribution in [3.63, 3.8) is 0 Å². The van der Waals surface area contributed by atoms with Crippen LogP contribution >= 0.6 is 0 Å². The molecule has 1 heterocycles. The van der Waals surface area contributed by atoms with E-state index in [0.29, 0.717) is 6.54 Å². The Labute approximate surface area is 95.9 Å². The molecule has 2 aromatic rings. The highest BCUT2D eigenvalue weighted by Gasteiger charge is 2.06. The zero-order chi connectivity index (χ0) is 11.4. The Morgan fingerprint density at radius 1 is 1.31 bits per heavy atom. The Hall–Kier alpha value is -1.61. The van der Waals surface area contributed by atoms with Crippen LogP contribution in [0.4, 0.5) is 0 Å². The van der Waals surface area contributed by atoms with E-state index in [1.54, 1.807) is 0 Å². The van der Waals surface area contributed by atoms with Crippen molar-refractivity contribution in [1.29, 1.82) is 0 Å². The third kappa shape index (κ3) is 1.99. The fraction of sp³-hybridized carbons (Fsp3) is 0.308. The van der Waals surface area contributed by atoms with Crippen LogP contribution in [0.15, 0.2) is 36.8 Å². The highest BCUT2D eigenvalue weighted by Crippen LogP contribution is 2.17. The normalized spacial score (nSPS) is 10.6. The van der Waals surface area contributed by atoms with Crippen LogP contribution in [0.2, 0.25) is 0 Å². The van der Waals surface area contributed by atoms with E-state index >= 15 is 0 Å². The fourth-order valence-electron chi connectivity index (χ4n) is 1.92. The lowest BCUT2D eigenvalue weighted by molar-refractivity contribution is 0.865. The van der Waals surface area contributed by atoms with Crippen molar-refractivity contribution in [3.8, 4) is 5.69 Å². The molecular weight excluding hydrogens is 198 g/mol. The Bertz CT molecular complexity index is 460. The molecule has 0 atom stereocenters. The molecule has 1 aromatic heterocycles. The van der Waals surface area contributed by atoms with E-state index < -0.39 is 0 Å². The SMILES string of the molecule is CCc1ccccc1-n1cncc1CCN. The molecule has 0 fully saturated rings. The third-order valence-electron chi connectivity index (χ3n) is 2.75. The van der Waals surface area contributed by atoms with Crippen LogP contribution in [0.3, 0.4) is 0 Å². The van der Waals surface area contributed by atoms with Crippen molar-refractivity contribution in [2.24, 2.45) is 5.73 Å². The van der Waals surface area contributed by atoms with Gasteiger partial charge in [-0.25, -0.2) is 4.98 Å². The average molecular weight is 215 g/mol. The molecule has 3 nitrogen and oxygen atoms in total. The second kappa shape index (κ2) is 4.94. The predicted molar refractivity (Wildman–Crippen MR) is 65.7 cm³/mol. The first-order valence-electron chi connectivity index (χ1n) is 5.66. The summed E-state index contributed by atoms with van der Waals surface area (Å²) in [6.07, 6.45) is 5.63. The standard InChI is InChI=1S/C13H17N3/c1-2-11-5-3-4-6-13(11)16-10-15-9-12(16)7-8-14/h3-6,9-10H,2,7-8,14H2,1H3. The molecule has 84 valence electrons. The van der Waals surface area contributed by atoms with E-state index in [1.165, 1.54) is 16.9 Å². The molecule has 0 radical (unpaired) electrons. The number of benzene rings is 1. The van der Waals surface area contributed by atoms with Crippen LogP contribution in [-0.4, -0.2) is 16.1 Å². The third-order valence-corrected chi connectivity index (χ3v) is 2.75. The van der Waals surface area contributed by atoms with E-state index in [9.17, 15) is 0 Å². The van der Waals surface area contributed by atoms with Crippen LogP contribution in [0.25, 0.3) is 5.69 Å². The van der Waals surface area contributed by atoms with Crippen LogP contribution in [0.1, 0.15) is 18.2 Å². The Balaban J connectivity index is 2.45. The first-order valence-corrected chi connectivity index (χ1v) is 5.66. The first kappa shape index (κ1) is 10.9. The summed E-state index contributed by atoms with van der Waals surface area (Å²) in [7, 11) is 0. The summed E-state index contributed by atoms with van der Waals surface area (Å²) in [6.45, 7) is 2.82. The molecule has 0 aliphatic heterocycles. The highest BCUT2D eigenvalue weighted by atomic mass is 15.1. The van der Waals surface area contributed by atoms with Crippen molar-refractivity contribution in [1.82, 2.24) is 9.55 Å². The van der Waals surface area contributed by atoms with E-state index in [4.69, 9.17) is 5.73 Å².